The molecular formula is C16H19N5. The summed E-state index contributed by atoms with van der Waals surface area (Å²) >= 11 is 0. The van der Waals surface area contributed by atoms with E-state index in [4.69, 9.17) is 0 Å². The van der Waals surface area contributed by atoms with E-state index in [1.54, 1.807) is 0 Å². The van der Waals surface area contributed by atoms with Gasteiger partial charge in [-0.2, -0.15) is 5.10 Å². The molecule has 3 heterocycles. The Morgan fingerprint density at radius 1 is 1.05 bits per heavy atom. The molecule has 0 spiro atoms. The van der Waals surface area contributed by atoms with Gasteiger partial charge in [-0.1, -0.05) is 0 Å². The molecule has 0 saturated carbocycles. The van der Waals surface area contributed by atoms with Gasteiger partial charge in [0.1, 0.15) is 0 Å². The molecule has 0 aromatic carbocycles. The third-order valence-electron chi connectivity index (χ3n) is 3.65. The lowest BCUT2D eigenvalue weighted by Crippen LogP contribution is -2.12. The highest BCUT2D eigenvalue weighted by Gasteiger charge is 2.13. The van der Waals surface area contributed by atoms with Crippen LogP contribution in [0.1, 0.15) is 35.6 Å². The largest absolute Gasteiger partial charge is 0.377 e. The Bertz CT molecular complexity index is 773. The molecule has 3 rings (SSSR count). The number of nitrogens with one attached hydrogen (secondary N) is 1. The van der Waals surface area contributed by atoms with Crippen LogP contribution in [0, 0.1) is 20.8 Å². The van der Waals surface area contributed by atoms with Gasteiger partial charge >= 0.3 is 0 Å². The van der Waals surface area contributed by atoms with Gasteiger partial charge in [0.05, 0.1) is 23.6 Å². The highest BCUT2D eigenvalue weighted by molar-refractivity contribution is 5.46. The minimum atomic E-state index is 0.135. The Hall–Kier alpha value is -2.43. The van der Waals surface area contributed by atoms with Crippen LogP contribution in [-0.4, -0.2) is 19.6 Å². The fourth-order valence-corrected chi connectivity index (χ4v) is 2.48. The number of hydrogen-bond acceptors (Lipinski definition) is 4. The van der Waals surface area contributed by atoms with Crippen molar-refractivity contribution in [1.29, 1.82) is 0 Å². The lowest BCUT2D eigenvalue weighted by atomic mass is 10.1. The van der Waals surface area contributed by atoms with E-state index in [0.717, 1.165) is 34.0 Å². The van der Waals surface area contributed by atoms with Crippen LogP contribution in [0.3, 0.4) is 0 Å². The fourth-order valence-electron chi connectivity index (χ4n) is 2.48. The van der Waals surface area contributed by atoms with Gasteiger partial charge in [0.15, 0.2) is 5.65 Å². The summed E-state index contributed by atoms with van der Waals surface area (Å²) in [6.45, 7) is 8.15. The zero-order valence-electron chi connectivity index (χ0n) is 12.8. The highest BCUT2D eigenvalue weighted by atomic mass is 15.3. The second kappa shape index (κ2) is 5.16. The van der Waals surface area contributed by atoms with Crippen LogP contribution in [0.4, 0.5) is 5.69 Å². The van der Waals surface area contributed by atoms with Gasteiger partial charge in [0.2, 0.25) is 0 Å². The summed E-state index contributed by atoms with van der Waals surface area (Å²) in [5.74, 6) is 0. The number of rotatable bonds is 3. The van der Waals surface area contributed by atoms with E-state index in [9.17, 15) is 0 Å². The number of nitrogens with zero attached hydrogens (tertiary/aromatic N) is 4. The first-order valence-electron chi connectivity index (χ1n) is 7.05. The van der Waals surface area contributed by atoms with Crippen molar-refractivity contribution < 1.29 is 0 Å². The summed E-state index contributed by atoms with van der Waals surface area (Å²) in [4.78, 5) is 8.79. The van der Waals surface area contributed by atoms with E-state index in [0.29, 0.717) is 0 Å². The van der Waals surface area contributed by atoms with E-state index < -0.39 is 0 Å². The smallest absolute Gasteiger partial charge is 0.155 e. The van der Waals surface area contributed by atoms with Crippen LogP contribution >= 0.6 is 0 Å². The molecule has 21 heavy (non-hydrogen) atoms. The third-order valence-corrected chi connectivity index (χ3v) is 3.65. The molecule has 0 aliphatic heterocycles. The molecule has 5 nitrogen and oxygen atoms in total. The molecule has 5 heteroatoms. The molecule has 0 fully saturated rings. The van der Waals surface area contributed by atoms with E-state index in [1.165, 1.54) is 0 Å². The maximum atomic E-state index is 4.49. The Balaban J connectivity index is 1.92. The van der Waals surface area contributed by atoms with Crippen LogP contribution in [0.5, 0.6) is 0 Å². The minimum absolute atomic E-state index is 0.135. The van der Waals surface area contributed by atoms with Crippen LogP contribution in [-0.2, 0) is 0 Å². The normalized spacial score (nSPS) is 12.6. The van der Waals surface area contributed by atoms with Crippen LogP contribution in [0.2, 0.25) is 0 Å². The monoisotopic (exact) mass is 281 g/mol. The summed E-state index contributed by atoms with van der Waals surface area (Å²) in [5, 5.41) is 7.94. The number of hydrogen-bond donors (Lipinski definition) is 1. The number of aromatic nitrogens is 4. The van der Waals surface area contributed by atoms with Crippen molar-refractivity contribution in [1.82, 2.24) is 19.6 Å². The van der Waals surface area contributed by atoms with Crippen LogP contribution in [0.15, 0.2) is 30.6 Å². The summed E-state index contributed by atoms with van der Waals surface area (Å²) in [5.41, 5.74) is 6.12. The SMILES string of the molecule is Cc1ccc(NC(C)c2cnc3cc(C)nn3c2C)cn1. The first-order valence-corrected chi connectivity index (χ1v) is 7.05. The van der Waals surface area contributed by atoms with Gasteiger partial charge in [0, 0.05) is 29.2 Å². The van der Waals surface area contributed by atoms with E-state index in [1.807, 2.05) is 49.0 Å². The molecule has 0 amide bonds. The number of pyridine rings is 1. The minimum Gasteiger partial charge on any atom is -0.377 e. The first-order chi connectivity index (χ1) is 10.0. The quantitative estimate of drug-likeness (QED) is 0.801. The van der Waals surface area contributed by atoms with Crippen molar-refractivity contribution in [3.8, 4) is 0 Å². The van der Waals surface area contributed by atoms with E-state index in [-0.39, 0.29) is 6.04 Å². The highest BCUT2D eigenvalue weighted by Crippen LogP contribution is 2.22. The van der Waals surface area contributed by atoms with Crippen molar-refractivity contribution in [2.75, 3.05) is 5.32 Å². The number of aryl methyl sites for hydroxylation is 3. The molecule has 1 atom stereocenters. The van der Waals surface area contributed by atoms with Gasteiger partial charge in [-0.3, -0.25) is 4.98 Å². The predicted molar refractivity (Wildman–Crippen MR) is 83.5 cm³/mol. The van der Waals surface area contributed by atoms with Crippen molar-refractivity contribution in [3.05, 3.63) is 53.2 Å². The van der Waals surface area contributed by atoms with Crippen molar-refractivity contribution in [3.63, 3.8) is 0 Å². The van der Waals surface area contributed by atoms with Gasteiger partial charge in [-0.05, 0) is 39.8 Å². The summed E-state index contributed by atoms with van der Waals surface area (Å²) in [6, 6.07) is 6.16. The molecule has 0 radical (unpaired) electrons. The Labute approximate surface area is 124 Å². The summed E-state index contributed by atoms with van der Waals surface area (Å²) in [6.07, 6.45) is 3.77. The zero-order chi connectivity index (χ0) is 15.0. The molecule has 0 aliphatic carbocycles. The third kappa shape index (κ3) is 2.59. The lowest BCUT2D eigenvalue weighted by Gasteiger charge is -2.17. The molecule has 108 valence electrons. The second-order valence-electron chi connectivity index (χ2n) is 5.41. The van der Waals surface area contributed by atoms with E-state index >= 15 is 0 Å². The Morgan fingerprint density at radius 2 is 1.86 bits per heavy atom. The second-order valence-corrected chi connectivity index (χ2v) is 5.41. The predicted octanol–water partition coefficient (Wildman–Crippen LogP) is 3.22. The van der Waals surface area contributed by atoms with Crippen LogP contribution < -0.4 is 5.32 Å². The van der Waals surface area contributed by atoms with Gasteiger partial charge in [-0.15, -0.1) is 0 Å². The first kappa shape index (κ1) is 13.5. The molecule has 0 saturated heterocycles. The zero-order valence-corrected chi connectivity index (χ0v) is 12.8. The average molecular weight is 281 g/mol. The standard InChI is InChI=1S/C16H19N5/c1-10-5-6-14(8-17-10)19-12(3)15-9-18-16-7-11(2)20-21(16)13(15)4/h5-9,12,19H,1-4H3. The molecule has 1 unspecified atom stereocenters. The topological polar surface area (TPSA) is 55.1 Å². The van der Waals surface area contributed by atoms with Gasteiger partial charge < -0.3 is 5.32 Å². The van der Waals surface area contributed by atoms with Crippen molar-refractivity contribution in [2.24, 2.45) is 0 Å². The number of fused-ring (bicyclic) bond motifs is 1. The average Bonchev–Trinajstić information content (AvgIpc) is 2.83. The van der Waals surface area contributed by atoms with Gasteiger partial charge in [-0.25, -0.2) is 9.50 Å². The lowest BCUT2D eigenvalue weighted by molar-refractivity contribution is 0.797. The number of anilines is 1. The maximum Gasteiger partial charge on any atom is 0.155 e. The molecular weight excluding hydrogens is 262 g/mol. The fraction of sp³-hybridized carbons (Fsp3) is 0.312. The molecule has 3 aromatic rings. The molecule has 3 aromatic heterocycles. The van der Waals surface area contributed by atoms with Gasteiger partial charge in [0.25, 0.3) is 0 Å². The van der Waals surface area contributed by atoms with E-state index in [2.05, 4.69) is 34.2 Å². The molecule has 1 N–H and O–H groups in total. The molecule has 0 bridgehead atoms. The Kier molecular flexibility index (Phi) is 3.33. The van der Waals surface area contributed by atoms with Crippen molar-refractivity contribution in [2.45, 2.75) is 33.7 Å². The summed E-state index contributed by atoms with van der Waals surface area (Å²) in [7, 11) is 0. The summed E-state index contributed by atoms with van der Waals surface area (Å²) < 4.78 is 1.90. The van der Waals surface area contributed by atoms with Crippen molar-refractivity contribution >= 4 is 11.3 Å². The van der Waals surface area contributed by atoms with Crippen LogP contribution in [0.25, 0.3) is 5.65 Å². The molecule has 0 aliphatic rings. The Morgan fingerprint density at radius 3 is 2.57 bits per heavy atom. The maximum absolute atomic E-state index is 4.49.